The van der Waals surface area contributed by atoms with E-state index in [4.69, 9.17) is 4.18 Å². The maximum absolute atomic E-state index is 11.6. The van der Waals surface area contributed by atoms with Gasteiger partial charge in [0.2, 0.25) is 0 Å². The molecule has 1 aliphatic carbocycles. The lowest BCUT2D eigenvalue weighted by Crippen LogP contribution is -2.27. The molecule has 0 N–H and O–H groups in total. The molecule has 0 saturated carbocycles. The molecule has 0 amide bonds. The van der Waals surface area contributed by atoms with E-state index in [1.807, 2.05) is 6.08 Å². The smallest absolute Gasteiger partial charge is 0.404 e. The molecule has 0 atom stereocenters. The Bertz CT molecular complexity index is 324. The third-order valence-electron chi connectivity index (χ3n) is 2.44. The van der Waals surface area contributed by atoms with Crippen molar-refractivity contribution < 1.29 is 26.6 Å². The molecular weight excluding hydrogens is 269 g/mol. The lowest BCUT2D eigenvalue weighted by Gasteiger charge is -2.38. The summed E-state index contributed by atoms with van der Waals surface area (Å²) < 4.78 is 43.9. The average Bonchev–Trinajstić information content (AvgIpc) is 2.05. The molecule has 0 fully saturated rings. The Balaban J connectivity index is 2.45. The first kappa shape index (κ1) is 15.7. The van der Waals surface area contributed by atoms with E-state index in [9.17, 15) is 13.2 Å². The van der Waals surface area contributed by atoms with E-state index in [1.165, 1.54) is 0 Å². The predicted molar refractivity (Wildman–Crippen MR) is 61.8 cm³/mol. The number of alkyl halides is 3. The Hall–Kier alpha value is -0.400. The highest BCUT2D eigenvalue weighted by Crippen LogP contribution is 2.45. The van der Waals surface area contributed by atoms with Gasteiger partial charge < -0.3 is 4.18 Å². The van der Waals surface area contributed by atoms with E-state index in [0.717, 1.165) is 6.42 Å². The van der Waals surface area contributed by atoms with E-state index in [0.29, 0.717) is 12.2 Å². The van der Waals surface area contributed by atoms with Crippen molar-refractivity contribution in [2.75, 3.05) is 0 Å². The van der Waals surface area contributed by atoms with Crippen LogP contribution in [0.2, 0.25) is 0 Å². The monoisotopic (exact) mass is 286 g/mol. The van der Waals surface area contributed by atoms with Crippen LogP contribution in [0.4, 0.5) is 13.2 Å². The predicted octanol–water partition coefficient (Wildman–Crippen LogP) is 4.76. The van der Waals surface area contributed by atoms with Gasteiger partial charge in [-0.15, -0.1) is 22.4 Å². The molecule has 1 aliphatic rings. The largest absolute Gasteiger partial charge is 0.550 e. The fraction of sp³-hybridized carbons (Fsp3) is 0.818. The minimum Gasteiger partial charge on any atom is -0.404 e. The Kier molecular flexibility index (Phi) is 4.61. The quantitative estimate of drug-likeness (QED) is 0.322. The topological polar surface area (TPSA) is 27.7 Å². The Morgan fingerprint density at radius 1 is 1.22 bits per heavy atom. The fourth-order valence-electron chi connectivity index (χ4n) is 2.47. The standard InChI is InChI=1S/C11H17F3O3S/c1-9(2)5-8(6-10(3,4)7-9)15-18-17-16-11(12,13)14/h5H,6-7H2,1-4H3. The van der Waals surface area contributed by atoms with Crippen LogP contribution in [0.25, 0.3) is 0 Å². The second-order valence-electron chi connectivity index (χ2n) is 5.87. The molecule has 0 unspecified atom stereocenters. The van der Waals surface area contributed by atoms with Crippen LogP contribution >= 0.6 is 12.3 Å². The Morgan fingerprint density at radius 3 is 2.33 bits per heavy atom. The molecule has 18 heavy (non-hydrogen) atoms. The van der Waals surface area contributed by atoms with Gasteiger partial charge in [-0.05, 0) is 23.3 Å². The Morgan fingerprint density at radius 2 is 1.83 bits per heavy atom. The van der Waals surface area contributed by atoms with Crippen molar-refractivity contribution in [3.8, 4) is 0 Å². The molecule has 0 aromatic carbocycles. The molecule has 0 aromatic rings. The number of hydrogen-bond acceptors (Lipinski definition) is 4. The second-order valence-corrected chi connectivity index (χ2v) is 6.30. The zero-order valence-electron chi connectivity index (χ0n) is 10.8. The van der Waals surface area contributed by atoms with Crippen LogP contribution < -0.4 is 0 Å². The lowest BCUT2D eigenvalue weighted by molar-refractivity contribution is -0.441. The molecule has 0 radical (unpaired) electrons. The van der Waals surface area contributed by atoms with Crippen molar-refractivity contribution in [1.82, 2.24) is 0 Å². The van der Waals surface area contributed by atoms with Gasteiger partial charge in [-0.2, -0.15) is 0 Å². The highest BCUT2D eigenvalue weighted by atomic mass is 32.2. The summed E-state index contributed by atoms with van der Waals surface area (Å²) in [5.74, 6) is 0.604. The summed E-state index contributed by atoms with van der Waals surface area (Å²) in [5.41, 5.74) is -0.0123. The van der Waals surface area contributed by atoms with Crippen LogP contribution in [0.3, 0.4) is 0 Å². The molecule has 0 bridgehead atoms. The van der Waals surface area contributed by atoms with Crippen LogP contribution in [-0.4, -0.2) is 6.36 Å². The van der Waals surface area contributed by atoms with Crippen LogP contribution in [0.5, 0.6) is 0 Å². The van der Waals surface area contributed by atoms with E-state index in [2.05, 4.69) is 36.9 Å². The van der Waals surface area contributed by atoms with E-state index in [-0.39, 0.29) is 23.2 Å². The highest BCUT2D eigenvalue weighted by Gasteiger charge is 2.35. The summed E-state index contributed by atoms with van der Waals surface area (Å²) >= 11 is 0.178. The van der Waals surface area contributed by atoms with E-state index in [1.54, 1.807) is 0 Å². The zero-order chi connectivity index (χ0) is 14.0. The van der Waals surface area contributed by atoms with Crippen molar-refractivity contribution in [2.45, 2.75) is 46.9 Å². The van der Waals surface area contributed by atoms with Gasteiger partial charge in [-0.3, -0.25) is 0 Å². The van der Waals surface area contributed by atoms with Gasteiger partial charge in [0, 0.05) is 6.42 Å². The minimum atomic E-state index is -4.82. The van der Waals surface area contributed by atoms with Gasteiger partial charge in [-0.1, -0.05) is 27.7 Å². The minimum absolute atomic E-state index is 0.0407. The van der Waals surface area contributed by atoms with Gasteiger partial charge in [0.05, 0.1) is 0 Å². The fourth-order valence-corrected chi connectivity index (χ4v) is 2.80. The molecule has 1 rings (SSSR count). The molecule has 7 heteroatoms. The first-order chi connectivity index (χ1) is 7.99. The van der Waals surface area contributed by atoms with Crippen molar-refractivity contribution in [1.29, 1.82) is 0 Å². The normalized spacial score (nSPS) is 22.5. The maximum Gasteiger partial charge on any atom is 0.550 e. The second kappa shape index (κ2) is 5.30. The summed E-state index contributed by atoms with van der Waals surface area (Å²) in [4.78, 5) is 3.14. The lowest BCUT2D eigenvalue weighted by atomic mass is 9.69. The maximum atomic E-state index is 11.6. The van der Waals surface area contributed by atoms with Crippen LogP contribution in [0, 0.1) is 10.8 Å². The third-order valence-corrected chi connectivity index (χ3v) is 2.84. The molecule has 0 heterocycles. The number of allylic oxidation sites excluding steroid dienone is 2. The molecule has 0 spiro atoms. The molecule has 3 nitrogen and oxygen atoms in total. The Labute approximate surface area is 109 Å². The summed E-state index contributed by atoms with van der Waals surface area (Å²) in [6.45, 7) is 8.27. The molecular formula is C11H17F3O3S. The van der Waals surface area contributed by atoms with E-state index < -0.39 is 6.36 Å². The summed E-state index contributed by atoms with van der Waals surface area (Å²) in [6, 6.07) is 0. The van der Waals surface area contributed by atoms with Crippen LogP contribution in [0.15, 0.2) is 11.8 Å². The first-order valence-electron chi connectivity index (χ1n) is 5.47. The summed E-state index contributed by atoms with van der Waals surface area (Å²) in [5, 5.41) is 0. The first-order valence-corrected chi connectivity index (χ1v) is 6.13. The SMILES string of the molecule is CC1(C)C=C(OSOOC(F)(F)F)CC(C)(C)C1. The zero-order valence-corrected chi connectivity index (χ0v) is 11.6. The van der Waals surface area contributed by atoms with Crippen molar-refractivity contribution >= 4 is 12.3 Å². The van der Waals surface area contributed by atoms with Crippen LogP contribution in [0.1, 0.15) is 40.5 Å². The van der Waals surface area contributed by atoms with Crippen molar-refractivity contribution in [2.24, 2.45) is 10.8 Å². The molecule has 0 aliphatic heterocycles. The highest BCUT2D eigenvalue weighted by molar-refractivity contribution is 7.89. The molecule has 0 aromatic heterocycles. The van der Waals surface area contributed by atoms with Crippen LogP contribution in [-0.2, 0) is 13.4 Å². The molecule has 0 saturated heterocycles. The van der Waals surface area contributed by atoms with Crippen molar-refractivity contribution in [3.63, 3.8) is 0 Å². The third kappa shape index (κ3) is 5.97. The summed E-state index contributed by atoms with van der Waals surface area (Å²) in [7, 11) is 0. The van der Waals surface area contributed by atoms with E-state index >= 15 is 0 Å². The average molecular weight is 286 g/mol. The number of hydrogen-bond donors (Lipinski definition) is 0. The van der Waals surface area contributed by atoms with Gasteiger partial charge in [0.15, 0.2) is 0 Å². The van der Waals surface area contributed by atoms with Crippen molar-refractivity contribution in [3.05, 3.63) is 11.8 Å². The molecule has 106 valence electrons. The van der Waals surface area contributed by atoms with Gasteiger partial charge >= 0.3 is 6.36 Å². The van der Waals surface area contributed by atoms with Gasteiger partial charge in [0.25, 0.3) is 12.3 Å². The van der Waals surface area contributed by atoms with Gasteiger partial charge in [0.1, 0.15) is 5.76 Å². The van der Waals surface area contributed by atoms with Gasteiger partial charge in [-0.25, -0.2) is 0 Å². The summed E-state index contributed by atoms with van der Waals surface area (Å²) in [6.07, 6.45) is -1.28. The number of rotatable bonds is 4. The number of halogens is 3.